The predicted molar refractivity (Wildman–Crippen MR) is 61.1 cm³/mol. The fourth-order valence-corrected chi connectivity index (χ4v) is 1.60. The molecule has 0 unspecified atom stereocenters. The lowest BCUT2D eigenvalue weighted by Gasteiger charge is -2.22. The number of benzene rings is 1. The van der Waals surface area contributed by atoms with Gasteiger partial charge in [0.05, 0.1) is 7.11 Å². The summed E-state index contributed by atoms with van der Waals surface area (Å²) in [6.07, 6.45) is 6.15. The van der Waals surface area contributed by atoms with Gasteiger partial charge in [0.2, 0.25) is 0 Å². The topological polar surface area (TPSA) is 12.5 Å². The average Bonchev–Trinajstić information content (AvgIpc) is 2.31. The largest absolute Gasteiger partial charge is 0.497 e. The number of allylic oxidation sites excluding steroid dienone is 1. The van der Waals surface area contributed by atoms with Crippen LogP contribution in [0.15, 0.2) is 54.4 Å². The molecule has 0 N–H and O–H groups in total. The molecule has 0 saturated carbocycles. The number of methoxy groups -OCH3 is 1. The van der Waals surface area contributed by atoms with Gasteiger partial charge in [-0.25, -0.2) is 0 Å². The number of hydrogen-bond acceptors (Lipinski definition) is 2. The Bertz CT molecular complexity index is 367. The second-order valence-corrected chi connectivity index (χ2v) is 3.54. The summed E-state index contributed by atoms with van der Waals surface area (Å²) in [5.74, 6) is 0.944. The number of hydrogen-bond donors (Lipinski definition) is 0. The summed E-state index contributed by atoms with van der Waals surface area (Å²) in [7, 11) is 1.70. The molecule has 0 aliphatic carbocycles. The van der Waals surface area contributed by atoms with Crippen LogP contribution in [0.4, 0.5) is 0 Å². The Kier molecular flexibility index (Phi) is 3.08. The molecular weight excluding hydrogens is 186 g/mol. The van der Waals surface area contributed by atoms with Crippen LogP contribution in [0.1, 0.15) is 5.56 Å². The Morgan fingerprint density at radius 2 is 2.07 bits per heavy atom. The first-order valence-electron chi connectivity index (χ1n) is 5.09. The number of rotatable bonds is 3. The van der Waals surface area contributed by atoms with E-state index in [1.807, 2.05) is 12.1 Å². The van der Waals surface area contributed by atoms with E-state index in [0.717, 1.165) is 18.8 Å². The molecule has 2 heteroatoms. The lowest BCUT2D eigenvalue weighted by Crippen LogP contribution is -2.19. The maximum atomic E-state index is 5.14. The van der Waals surface area contributed by atoms with E-state index in [4.69, 9.17) is 4.74 Å². The molecule has 1 aromatic rings. The van der Waals surface area contributed by atoms with Crippen molar-refractivity contribution in [2.45, 2.75) is 6.54 Å². The molecule has 0 saturated heterocycles. The van der Waals surface area contributed by atoms with Crippen LogP contribution in [0, 0.1) is 0 Å². The molecule has 0 fully saturated rings. The average molecular weight is 201 g/mol. The van der Waals surface area contributed by atoms with Crippen LogP contribution in [0.3, 0.4) is 0 Å². The minimum absolute atomic E-state index is 0.911. The minimum atomic E-state index is 0.911. The fraction of sp³-hybridized carbons (Fsp3) is 0.231. The molecule has 0 spiro atoms. The maximum Gasteiger partial charge on any atom is 0.118 e. The van der Waals surface area contributed by atoms with E-state index in [0.29, 0.717) is 0 Å². The normalized spacial score (nSPS) is 15.0. The third-order valence-electron chi connectivity index (χ3n) is 2.44. The fourth-order valence-electron chi connectivity index (χ4n) is 1.60. The molecule has 0 atom stereocenters. The molecular formula is C13H15NO. The van der Waals surface area contributed by atoms with Gasteiger partial charge < -0.3 is 9.64 Å². The van der Waals surface area contributed by atoms with E-state index in [9.17, 15) is 0 Å². The van der Waals surface area contributed by atoms with Crippen LogP contribution < -0.4 is 0 Å². The van der Waals surface area contributed by atoms with Crippen molar-refractivity contribution in [3.05, 3.63) is 60.0 Å². The number of nitrogens with zero attached hydrogens (tertiary/aromatic N) is 1. The second-order valence-electron chi connectivity index (χ2n) is 3.54. The Balaban J connectivity index is 1.94. The van der Waals surface area contributed by atoms with Crippen LogP contribution >= 0.6 is 0 Å². The van der Waals surface area contributed by atoms with Crippen molar-refractivity contribution in [3.8, 4) is 0 Å². The lowest BCUT2D eigenvalue weighted by molar-refractivity contribution is 0.291. The standard InChI is InChI=1S/C13H15NO/c1-15-13-7-9-14(10-8-13)11-12-5-3-2-4-6-12/h2-9H,10-11H2,1H3. The van der Waals surface area contributed by atoms with Crippen molar-refractivity contribution in [2.75, 3.05) is 13.7 Å². The first kappa shape index (κ1) is 9.84. The first-order chi connectivity index (χ1) is 7.38. The highest BCUT2D eigenvalue weighted by Crippen LogP contribution is 2.11. The third-order valence-corrected chi connectivity index (χ3v) is 2.44. The molecule has 0 radical (unpaired) electrons. The van der Waals surface area contributed by atoms with Gasteiger partial charge in [0, 0.05) is 19.3 Å². The Labute approximate surface area is 90.5 Å². The van der Waals surface area contributed by atoms with E-state index in [1.54, 1.807) is 7.11 Å². The number of ether oxygens (including phenoxy) is 1. The molecule has 1 aliphatic rings. The zero-order valence-electron chi connectivity index (χ0n) is 8.89. The highest BCUT2D eigenvalue weighted by atomic mass is 16.5. The van der Waals surface area contributed by atoms with E-state index in [2.05, 4.69) is 41.4 Å². The minimum Gasteiger partial charge on any atom is -0.497 e. The molecule has 2 nitrogen and oxygen atoms in total. The SMILES string of the molecule is COC1=CCN(Cc2ccccc2)C=C1. The van der Waals surface area contributed by atoms with Gasteiger partial charge in [0.1, 0.15) is 5.76 Å². The van der Waals surface area contributed by atoms with Crippen LogP contribution in [-0.2, 0) is 11.3 Å². The van der Waals surface area contributed by atoms with E-state index in [1.165, 1.54) is 5.56 Å². The summed E-state index contributed by atoms with van der Waals surface area (Å²) >= 11 is 0. The second kappa shape index (κ2) is 4.69. The van der Waals surface area contributed by atoms with Crippen LogP contribution in [0.5, 0.6) is 0 Å². The monoisotopic (exact) mass is 201 g/mol. The molecule has 1 heterocycles. The van der Waals surface area contributed by atoms with Crippen LogP contribution in [-0.4, -0.2) is 18.6 Å². The maximum absolute atomic E-state index is 5.14. The van der Waals surface area contributed by atoms with Crippen molar-refractivity contribution in [2.24, 2.45) is 0 Å². The van der Waals surface area contributed by atoms with Gasteiger partial charge in [-0.3, -0.25) is 0 Å². The molecule has 0 bridgehead atoms. The van der Waals surface area contributed by atoms with E-state index in [-0.39, 0.29) is 0 Å². The van der Waals surface area contributed by atoms with E-state index < -0.39 is 0 Å². The Morgan fingerprint density at radius 3 is 2.67 bits per heavy atom. The molecule has 0 aromatic heterocycles. The highest BCUT2D eigenvalue weighted by molar-refractivity contribution is 5.19. The van der Waals surface area contributed by atoms with Gasteiger partial charge in [-0.2, -0.15) is 0 Å². The van der Waals surface area contributed by atoms with Crippen LogP contribution in [0.2, 0.25) is 0 Å². The van der Waals surface area contributed by atoms with Gasteiger partial charge in [-0.1, -0.05) is 30.3 Å². The van der Waals surface area contributed by atoms with Crippen molar-refractivity contribution in [1.29, 1.82) is 0 Å². The first-order valence-corrected chi connectivity index (χ1v) is 5.09. The molecule has 0 amide bonds. The van der Waals surface area contributed by atoms with Crippen molar-refractivity contribution in [3.63, 3.8) is 0 Å². The summed E-state index contributed by atoms with van der Waals surface area (Å²) in [6, 6.07) is 10.5. The summed E-state index contributed by atoms with van der Waals surface area (Å²) in [6.45, 7) is 1.86. The van der Waals surface area contributed by atoms with Gasteiger partial charge in [-0.15, -0.1) is 0 Å². The summed E-state index contributed by atoms with van der Waals surface area (Å²) in [5, 5.41) is 0. The van der Waals surface area contributed by atoms with Gasteiger partial charge >= 0.3 is 0 Å². The molecule has 15 heavy (non-hydrogen) atoms. The zero-order valence-corrected chi connectivity index (χ0v) is 8.89. The molecule has 1 aliphatic heterocycles. The molecule has 2 rings (SSSR count). The molecule has 78 valence electrons. The summed E-state index contributed by atoms with van der Waals surface area (Å²) in [5.41, 5.74) is 1.33. The summed E-state index contributed by atoms with van der Waals surface area (Å²) in [4.78, 5) is 2.25. The van der Waals surface area contributed by atoms with Crippen LogP contribution in [0.25, 0.3) is 0 Å². The van der Waals surface area contributed by atoms with E-state index >= 15 is 0 Å². The Hall–Kier alpha value is -1.70. The third kappa shape index (κ3) is 2.62. The van der Waals surface area contributed by atoms with Gasteiger partial charge in [-0.05, 0) is 17.7 Å². The van der Waals surface area contributed by atoms with Crippen molar-refractivity contribution in [1.82, 2.24) is 4.90 Å². The van der Waals surface area contributed by atoms with Gasteiger partial charge in [0.15, 0.2) is 0 Å². The summed E-state index contributed by atoms with van der Waals surface area (Å²) < 4.78 is 5.14. The van der Waals surface area contributed by atoms with Gasteiger partial charge in [0.25, 0.3) is 0 Å². The molecule has 1 aromatic carbocycles. The van der Waals surface area contributed by atoms with Crippen molar-refractivity contribution >= 4 is 0 Å². The Morgan fingerprint density at radius 1 is 1.27 bits per heavy atom. The highest BCUT2D eigenvalue weighted by Gasteiger charge is 2.04. The lowest BCUT2D eigenvalue weighted by atomic mass is 10.2. The zero-order chi connectivity index (χ0) is 10.5. The predicted octanol–water partition coefficient (Wildman–Crippen LogP) is 2.55. The quantitative estimate of drug-likeness (QED) is 0.745. The van der Waals surface area contributed by atoms with Crippen molar-refractivity contribution < 1.29 is 4.74 Å². The smallest absolute Gasteiger partial charge is 0.118 e.